The van der Waals surface area contributed by atoms with Crippen molar-refractivity contribution >= 4 is 5.78 Å². The first kappa shape index (κ1) is 21.1. The highest BCUT2D eigenvalue weighted by Crippen LogP contribution is 2.66. The lowest BCUT2D eigenvalue weighted by Crippen LogP contribution is -2.67. The molecule has 0 aromatic carbocycles. The highest BCUT2D eigenvalue weighted by atomic mass is 16.3. The first-order valence-corrected chi connectivity index (χ1v) is 13.4. The summed E-state index contributed by atoms with van der Waals surface area (Å²) in [5.74, 6) is 4.82. The molecule has 4 heteroatoms. The number of ketones is 1. The average Bonchev–Trinajstić information content (AvgIpc) is 3.09. The molecule has 2 aliphatic heterocycles. The van der Waals surface area contributed by atoms with Gasteiger partial charge in [-0.3, -0.25) is 9.69 Å². The summed E-state index contributed by atoms with van der Waals surface area (Å²) in [6, 6.07) is 0.341. The highest BCUT2D eigenvalue weighted by molar-refractivity contribution is 5.83. The third-order valence-electron chi connectivity index (χ3n) is 11.8. The van der Waals surface area contributed by atoms with Gasteiger partial charge < -0.3 is 10.2 Å². The van der Waals surface area contributed by atoms with Crippen LogP contribution in [0.3, 0.4) is 0 Å². The lowest BCUT2D eigenvalue weighted by atomic mass is 9.51. The smallest absolute Gasteiger partial charge is 0.136 e. The van der Waals surface area contributed by atoms with Gasteiger partial charge in [0.1, 0.15) is 5.78 Å². The summed E-state index contributed by atoms with van der Waals surface area (Å²) in [5, 5.41) is 22.1. The van der Waals surface area contributed by atoms with Crippen LogP contribution < -0.4 is 0 Å². The van der Waals surface area contributed by atoms with E-state index in [1.807, 2.05) is 0 Å². The van der Waals surface area contributed by atoms with Crippen molar-refractivity contribution in [2.75, 3.05) is 13.1 Å². The van der Waals surface area contributed by atoms with Gasteiger partial charge >= 0.3 is 0 Å². The maximum atomic E-state index is 13.2. The molecule has 2 saturated heterocycles. The van der Waals surface area contributed by atoms with Gasteiger partial charge in [-0.1, -0.05) is 13.8 Å². The highest BCUT2D eigenvalue weighted by Gasteiger charge is 2.64. The van der Waals surface area contributed by atoms with E-state index in [1.165, 1.54) is 25.8 Å². The number of rotatable bonds is 0. The van der Waals surface area contributed by atoms with Gasteiger partial charge in [0.05, 0.1) is 11.7 Å². The molecule has 6 rings (SSSR count). The monoisotopic (exact) mass is 429 g/mol. The summed E-state index contributed by atoms with van der Waals surface area (Å²) >= 11 is 0. The Balaban J connectivity index is 1.31. The molecule has 6 aliphatic rings. The van der Waals surface area contributed by atoms with Gasteiger partial charge in [-0.2, -0.15) is 0 Å². The predicted octanol–water partition coefficient (Wildman–Crippen LogP) is 3.89. The SMILES string of the molecule is C[C@@H]1CC[C@@H]2N(C1)C[C@@H]1[C@@H]3C[C@@H]4[C@H](CC(=O)[C@@H]5C[C@H](O)CC[C@]45C)[C@@H]3CC[C@H]1[C@]2(C)O. The third-order valence-corrected chi connectivity index (χ3v) is 11.8. The van der Waals surface area contributed by atoms with Crippen molar-refractivity contribution in [2.24, 2.45) is 52.8 Å². The summed E-state index contributed by atoms with van der Waals surface area (Å²) in [5.41, 5.74) is -0.482. The Kier molecular flexibility index (Phi) is 4.78. The van der Waals surface area contributed by atoms with E-state index >= 15 is 0 Å². The molecule has 2 heterocycles. The van der Waals surface area contributed by atoms with Crippen LogP contribution in [0.25, 0.3) is 0 Å². The van der Waals surface area contributed by atoms with Crippen LogP contribution in [0, 0.1) is 52.8 Å². The van der Waals surface area contributed by atoms with Crippen molar-refractivity contribution in [3.05, 3.63) is 0 Å². The fourth-order valence-electron chi connectivity index (χ4n) is 10.4. The molecule has 6 fully saturated rings. The molecule has 0 aromatic heterocycles. The summed E-state index contributed by atoms with van der Waals surface area (Å²) in [4.78, 5) is 15.9. The zero-order chi connectivity index (χ0) is 21.7. The average molecular weight is 430 g/mol. The third kappa shape index (κ3) is 2.93. The van der Waals surface area contributed by atoms with E-state index < -0.39 is 5.60 Å². The number of fused-ring (bicyclic) bond motifs is 8. The fourth-order valence-corrected chi connectivity index (χ4v) is 10.4. The van der Waals surface area contributed by atoms with Crippen LogP contribution in [0.5, 0.6) is 0 Å². The minimum Gasteiger partial charge on any atom is -0.393 e. The van der Waals surface area contributed by atoms with E-state index in [4.69, 9.17) is 0 Å². The molecule has 174 valence electrons. The van der Waals surface area contributed by atoms with Crippen molar-refractivity contribution in [3.63, 3.8) is 0 Å². The van der Waals surface area contributed by atoms with Gasteiger partial charge in [0.2, 0.25) is 0 Å². The minimum atomic E-state index is -0.570. The molecule has 0 radical (unpaired) electrons. The van der Waals surface area contributed by atoms with Crippen LogP contribution in [-0.2, 0) is 4.79 Å². The molecule has 4 aliphatic carbocycles. The molecule has 31 heavy (non-hydrogen) atoms. The molecule has 2 N–H and O–H groups in total. The molecule has 0 spiro atoms. The van der Waals surface area contributed by atoms with Gasteiger partial charge in [0, 0.05) is 31.5 Å². The number of Topliss-reactive ketones (excluding diaryl/α,β-unsaturated/α-hetero) is 1. The van der Waals surface area contributed by atoms with Gasteiger partial charge in [-0.25, -0.2) is 0 Å². The second kappa shape index (κ2) is 7.03. The Morgan fingerprint density at radius 2 is 1.71 bits per heavy atom. The van der Waals surface area contributed by atoms with Gasteiger partial charge in [-0.15, -0.1) is 0 Å². The van der Waals surface area contributed by atoms with Crippen molar-refractivity contribution in [1.29, 1.82) is 0 Å². The summed E-state index contributed by atoms with van der Waals surface area (Å²) in [6.45, 7) is 9.23. The van der Waals surface area contributed by atoms with Crippen LogP contribution >= 0.6 is 0 Å². The second-order valence-corrected chi connectivity index (χ2v) is 13.2. The molecule has 0 unspecified atom stereocenters. The van der Waals surface area contributed by atoms with E-state index in [9.17, 15) is 15.0 Å². The number of nitrogens with zero attached hydrogens (tertiary/aromatic N) is 1. The van der Waals surface area contributed by atoms with E-state index in [0.29, 0.717) is 53.8 Å². The fraction of sp³-hybridized carbons (Fsp3) is 0.963. The van der Waals surface area contributed by atoms with E-state index in [0.717, 1.165) is 44.6 Å². The Bertz CT molecular complexity index is 751. The lowest BCUT2D eigenvalue weighted by molar-refractivity contribution is -0.175. The number of aliphatic hydroxyl groups excluding tert-OH is 1. The molecule has 0 amide bonds. The van der Waals surface area contributed by atoms with E-state index in [-0.39, 0.29) is 17.4 Å². The van der Waals surface area contributed by atoms with Crippen molar-refractivity contribution < 1.29 is 15.0 Å². The van der Waals surface area contributed by atoms with Crippen molar-refractivity contribution in [2.45, 2.75) is 96.3 Å². The first-order valence-electron chi connectivity index (χ1n) is 13.4. The number of hydrogen-bond acceptors (Lipinski definition) is 4. The van der Waals surface area contributed by atoms with E-state index in [1.54, 1.807) is 0 Å². The Labute approximate surface area is 188 Å². The van der Waals surface area contributed by atoms with Crippen LogP contribution in [-0.4, -0.2) is 51.7 Å². The summed E-state index contributed by atoms with van der Waals surface area (Å²) < 4.78 is 0. The number of aliphatic hydroxyl groups is 2. The Hall–Kier alpha value is -0.450. The first-order chi connectivity index (χ1) is 14.7. The molecule has 12 atom stereocenters. The maximum absolute atomic E-state index is 13.2. The van der Waals surface area contributed by atoms with Crippen LogP contribution in [0.15, 0.2) is 0 Å². The Morgan fingerprint density at radius 3 is 2.52 bits per heavy atom. The molecule has 4 saturated carbocycles. The van der Waals surface area contributed by atoms with Crippen LogP contribution in [0.1, 0.15) is 78.6 Å². The quantitative estimate of drug-likeness (QED) is 0.613. The molecule has 0 bridgehead atoms. The van der Waals surface area contributed by atoms with Gasteiger partial charge in [0.25, 0.3) is 0 Å². The van der Waals surface area contributed by atoms with E-state index in [2.05, 4.69) is 25.7 Å². The zero-order valence-corrected chi connectivity index (χ0v) is 19.8. The maximum Gasteiger partial charge on any atom is 0.136 e. The molecule has 4 nitrogen and oxygen atoms in total. The standard InChI is InChI=1S/C27H43NO3/c1-15-4-7-25-27(3,31)21-6-5-17-18(20(21)14-28(25)13-15)11-22-19(17)12-24(30)23-10-16(29)8-9-26(22,23)2/h15-23,25,29,31H,4-14H2,1-3H3/t15-,16-,17-,18-,19-,20-,21-,22-,23+,25+,26-,27+/m1/s1. The summed E-state index contributed by atoms with van der Waals surface area (Å²) in [7, 11) is 0. The number of carbonyl (C=O) groups excluding carboxylic acids is 1. The van der Waals surface area contributed by atoms with Gasteiger partial charge in [-0.05, 0) is 105 Å². The van der Waals surface area contributed by atoms with Crippen LogP contribution in [0.2, 0.25) is 0 Å². The molecule has 0 aromatic rings. The zero-order valence-electron chi connectivity index (χ0n) is 19.8. The number of hydrogen-bond donors (Lipinski definition) is 2. The normalized spacial score (nSPS) is 59.2. The molecular weight excluding hydrogens is 386 g/mol. The second-order valence-electron chi connectivity index (χ2n) is 13.2. The molecular formula is C27H43NO3. The lowest BCUT2D eigenvalue weighted by Gasteiger charge is -2.59. The summed E-state index contributed by atoms with van der Waals surface area (Å²) in [6.07, 6.45) is 9.08. The number of carbonyl (C=O) groups is 1. The van der Waals surface area contributed by atoms with Crippen molar-refractivity contribution in [1.82, 2.24) is 4.90 Å². The number of piperidine rings is 2. The van der Waals surface area contributed by atoms with Gasteiger partial charge in [0.15, 0.2) is 0 Å². The minimum absolute atomic E-state index is 0.0789. The largest absolute Gasteiger partial charge is 0.393 e. The Morgan fingerprint density at radius 1 is 0.903 bits per heavy atom. The predicted molar refractivity (Wildman–Crippen MR) is 120 cm³/mol. The van der Waals surface area contributed by atoms with Crippen LogP contribution in [0.4, 0.5) is 0 Å². The van der Waals surface area contributed by atoms with Crippen molar-refractivity contribution in [3.8, 4) is 0 Å². The topological polar surface area (TPSA) is 60.8 Å².